The molecule has 0 atom stereocenters. The van der Waals surface area contributed by atoms with Gasteiger partial charge >= 0.3 is 0 Å². The van der Waals surface area contributed by atoms with Crippen LogP contribution in [0.1, 0.15) is 18.1 Å². The number of rotatable bonds is 6. The molecule has 0 bridgehead atoms. The van der Waals surface area contributed by atoms with Crippen molar-refractivity contribution in [3.63, 3.8) is 0 Å². The van der Waals surface area contributed by atoms with E-state index in [0.717, 1.165) is 11.4 Å². The summed E-state index contributed by atoms with van der Waals surface area (Å²) in [6, 6.07) is 15.4. The molecule has 0 unspecified atom stereocenters. The van der Waals surface area contributed by atoms with E-state index in [9.17, 15) is 9.59 Å². The fourth-order valence-corrected chi connectivity index (χ4v) is 2.77. The third kappa shape index (κ3) is 6.16. The summed E-state index contributed by atoms with van der Waals surface area (Å²) in [6.07, 6.45) is 0. The van der Waals surface area contributed by atoms with Gasteiger partial charge in [0.25, 0.3) is 0 Å². The molecule has 0 aromatic heterocycles. The Labute approximate surface area is 140 Å². The Hall–Kier alpha value is -2.27. The topological polar surface area (TPSA) is 58.2 Å². The molecule has 2 rings (SSSR count). The average molecular weight is 328 g/mol. The van der Waals surface area contributed by atoms with Crippen molar-refractivity contribution in [2.24, 2.45) is 0 Å². The lowest BCUT2D eigenvalue weighted by molar-refractivity contribution is -0.114. The van der Waals surface area contributed by atoms with Crippen LogP contribution in [0.15, 0.2) is 48.5 Å². The van der Waals surface area contributed by atoms with Crippen molar-refractivity contribution >= 4 is 35.0 Å². The minimum absolute atomic E-state index is 0.0330. The highest BCUT2D eigenvalue weighted by molar-refractivity contribution is 7.99. The molecule has 23 heavy (non-hydrogen) atoms. The van der Waals surface area contributed by atoms with Crippen molar-refractivity contribution in [2.45, 2.75) is 19.6 Å². The van der Waals surface area contributed by atoms with Gasteiger partial charge in [0.05, 0.1) is 5.75 Å². The smallest absolute Gasteiger partial charge is 0.234 e. The lowest BCUT2D eigenvalue weighted by Gasteiger charge is -2.07. The minimum Gasteiger partial charge on any atom is -0.326 e. The molecule has 0 aliphatic heterocycles. The van der Waals surface area contributed by atoms with Gasteiger partial charge in [-0.15, -0.1) is 11.8 Å². The standard InChI is InChI=1S/C18H20N2O2S/c1-13-3-5-15(6-4-13)11-23-12-18(22)20-17-9-7-16(8-10-17)19-14(2)21/h3-10H,11-12H2,1-2H3,(H,19,21)(H,20,22). The molecule has 120 valence electrons. The molecule has 0 radical (unpaired) electrons. The Bertz CT molecular complexity index is 666. The molecule has 2 N–H and O–H groups in total. The van der Waals surface area contributed by atoms with Crippen molar-refractivity contribution < 1.29 is 9.59 Å². The second-order valence-electron chi connectivity index (χ2n) is 5.29. The molecule has 0 aliphatic carbocycles. The number of hydrogen-bond acceptors (Lipinski definition) is 3. The van der Waals surface area contributed by atoms with E-state index in [-0.39, 0.29) is 11.8 Å². The zero-order valence-electron chi connectivity index (χ0n) is 13.3. The van der Waals surface area contributed by atoms with Gasteiger partial charge in [-0.3, -0.25) is 9.59 Å². The highest BCUT2D eigenvalue weighted by Gasteiger charge is 2.04. The highest BCUT2D eigenvalue weighted by Crippen LogP contribution is 2.16. The lowest BCUT2D eigenvalue weighted by Crippen LogP contribution is -2.14. The lowest BCUT2D eigenvalue weighted by atomic mass is 10.2. The maximum atomic E-state index is 11.9. The third-order valence-electron chi connectivity index (χ3n) is 3.11. The van der Waals surface area contributed by atoms with Crippen LogP contribution in [0, 0.1) is 6.92 Å². The van der Waals surface area contributed by atoms with E-state index in [4.69, 9.17) is 0 Å². The van der Waals surface area contributed by atoms with E-state index >= 15 is 0 Å². The first-order valence-corrected chi connectivity index (χ1v) is 8.49. The highest BCUT2D eigenvalue weighted by atomic mass is 32.2. The van der Waals surface area contributed by atoms with E-state index in [1.807, 2.05) is 0 Å². The third-order valence-corrected chi connectivity index (χ3v) is 4.12. The SMILES string of the molecule is CC(=O)Nc1ccc(NC(=O)CSCc2ccc(C)cc2)cc1. The van der Waals surface area contributed by atoms with Gasteiger partial charge in [0, 0.05) is 24.1 Å². The molecule has 2 amide bonds. The molecule has 2 aromatic carbocycles. The fraction of sp³-hybridized carbons (Fsp3) is 0.222. The van der Waals surface area contributed by atoms with Crippen LogP contribution in [0.4, 0.5) is 11.4 Å². The van der Waals surface area contributed by atoms with Crippen molar-refractivity contribution in [3.05, 3.63) is 59.7 Å². The van der Waals surface area contributed by atoms with Crippen LogP contribution in [0.3, 0.4) is 0 Å². The molecule has 4 nitrogen and oxygen atoms in total. The average Bonchev–Trinajstić information content (AvgIpc) is 2.51. The first-order chi connectivity index (χ1) is 11.0. The largest absolute Gasteiger partial charge is 0.326 e. The van der Waals surface area contributed by atoms with Gasteiger partial charge in [-0.1, -0.05) is 29.8 Å². The number of thioether (sulfide) groups is 1. The molecule has 0 fully saturated rings. The van der Waals surface area contributed by atoms with Gasteiger partial charge in [0.1, 0.15) is 0 Å². The second kappa shape index (κ2) is 8.39. The summed E-state index contributed by atoms with van der Waals surface area (Å²) in [4.78, 5) is 22.9. The number of amides is 2. The normalized spacial score (nSPS) is 10.2. The van der Waals surface area contributed by atoms with Crippen LogP contribution >= 0.6 is 11.8 Å². The summed E-state index contributed by atoms with van der Waals surface area (Å²) in [7, 11) is 0. The molecule has 0 spiro atoms. The quantitative estimate of drug-likeness (QED) is 0.847. The van der Waals surface area contributed by atoms with E-state index in [2.05, 4.69) is 41.8 Å². The maximum absolute atomic E-state index is 11.9. The number of benzene rings is 2. The van der Waals surface area contributed by atoms with E-state index in [1.54, 1.807) is 36.0 Å². The van der Waals surface area contributed by atoms with Crippen LogP contribution < -0.4 is 10.6 Å². The van der Waals surface area contributed by atoms with E-state index in [1.165, 1.54) is 18.1 Å². The first-order valence-electron chi connectivity index (χ1n) is 7.34. The molecule has 0 heterocycles. The minimum atomic E-state index is -0.116. The van der Waals surface area contributed by atoms with Gasteiger partial charge in [0.2, 0.25) is 11.8 Å². The first kappa shape index (κ1) is 17.1. The number of carbonyl (C=O) groups is 2. The van der Waals surface area contributed by atoms with Gasteiger partial charge in [-0.05, 0) is 36.8 Å². The Morgan fingerprint density at radius 2 is 1.48 bits per heavy atom. The summed E-state index contributed by atoms with van der Waals surface area (Å²) in [5.74, 6) is 1.07. The molecular weight excluding hydrogens is 308 g/mol. The van der Waals surface area contributed by atoms with Crippen LogP contribution in [-0.4, -0.2) is 17.6 Å². The number of carbonyl (C=O) groups excluding carboxylic acids is 2. The summed E-state index contributed by atoms with van der Waals surface area (Å²) < 4.78 is 0. The Morgan fingerprint density at radius 3 is 2.04 bits per heavy atom. The number of anilines is 2. The Kier molecular flexibility index (Phi) is 6.23. The predicted octanol–water partition coefficient (Wildman–Crippen LogP) is 3.83. The van der Waals surface area contributed by atoms with Crippen molar-refractivity contribution in [1.29, 1.82) is 0 Å². The van der Waals surface area contributed by atoms with Crippen LogP contribution in [0.2, 0.25) is 0 Å². The summed E-state index contributed by atoms with van der Waals surface area (Å²) in [5, 5.41) is 5.53. The number of aryl methyl sites for hydroxylation is 1. The molecule has 0 saturated carbocycles. The van der Waals surface area contributed by atoms with Crippen LogP contribution in [0.25, 0.3) is 0 Å². The van der Waals surface area contributed by atoms with Gasteiger partial charge in [-0.25, -0.2) is 0 Å². The zero-order valence-corrected chi connectivity index (χ0v) is 14.1. The molecule has 0 saturated heterocycles. The van der Waals surface area contributed by atoms with E-state index < -0.39 is 0 Å². The van der Waals surface area contributed by atoms with Crippen LogP contribution in [-0.2, 0) is 15.3 Å². The van der Waals surface area contributed by atoms with Gasteiger partial charge < -0.3 is 10.6 Å². The number of nitrogens with one attached hydrogen (secondary N) is 2. The summed E-state index contributed by atoms with van der Waals surface area (Å²) in [5.41, 5.74) is 3.89. The van der Waals surface area contributed by atoms with Crippen LogP contribution in [0.5, 0.6) is 0 Å². The maximum Gasteiger partial charge on any atom is 0.234 e. The molecule has 5 heteroatoms. The zero-order chi connectivity index (χ0) is 16.7. The molecule has 0 aliphatic rings. The molecule has 2 aromatic rings. The van der Waals surface area contributed by atoms with Gasteiger partial charge in [-0.2, -0.15) is 0 Å². The second-order valence-corrected chi connectivity index (χ2v) is 6.27. The fourth-order valence-electron chi connectivity index (χ4n) is 1.98. The van der Waals surface area contributed by atoms with Crippen molar-refractivity contribution in [2.75, 3.05) is 16.4 Å². The van der Waals surface area contributed by atoms with Crippen molar-refractivity contribution in [3.8, 4) is 0 Å². The van der Waals surface area contributed by atoms with E-state index in [0.29, 0.717) is 11.4 Å². The summed E-state index contributed by atoms with van der Waals surface area (Å²) >= 11 is 1.58. The Morgan fingerprint density at radius 1 is 0.913 bits per heavy atom. The predicted molar refractivity (Wildman–Crippen MR) is 96.7 cm³/mol. The monoisotopic (exact) mass is 328 g/mol. The molecular formula is C18H20N2O2S. The van der Waals surface area contributed by atoms with Gasteiger partial charge in [0.15, 0.2) is 0 Å². The Balaban J connectivity index is 1.76. The number of hydrogen-bond donors (Lipinski definition) is 2. The summed E-state index contributed by atoms with van der Waals surface area (Å²) in [6.45, 7) is 3.52. The van der Waals surface area contributed by atoms with Crippen molar-refractivity contribution in [1.82, 2.24) is 0 Å².